The average molecular weight is 578 g/mol. The lowest BCUT2D eigenvalue weighted by Gasteiger charge is -2.39. The van der Waals surface area contributed by atoms with Crippen molar-refractivity contribution in [1.82, 2.24) is 19.9 Å². The molecule has 42 heavy (non-hydrogen) atoms. The number of aromatic hydroxyl groups is 1. The number of hydrogen-bond donors (Lipinski definition) is 1. The Labute approximate surface area is 246 Å². The van der Waals surface area contributed by atoms with Gasteiger partial charge in [0.05, 0.1) is 10.9 Å². The number of ether oxygens (including phenoxy) is 1. The van der Waals surface area contributed by atoms with Gasteiger partial charge in [-0.1, -0.05) is 13.8 Å². The molecule has 3 saturated heterocycles. The van der Waals surface area contributed by atoms with Crippen LogP contribution in [0.2, 0.25) is 0 Å². The Balaban J connectivity index is 1.35. The molecule has 7 nitrogen and oxygen atoms in total. The molecular formula is C33H41F2N5O2. The number of pyridine rings is 1. The van der Waals surface area contributed by atoms with Crippen molar-refractivity contribution in [3.63, 3.8) is 0 Å². The van der Waals surface area contributed by atoms with E-state index in [9.17, 15) is 9.50 Å². The van der Waals surface area contributed by atoms with Gasteiger partial charge in [0.25, 0.3) is 0 Å². The highest BCUT2D eigenvalue weighted by Crippen LogP contribution is 2.48. The van der Waals surface area contributed by atoms with Crippen LogP contribution < -0.4 is 9.64 Å². The summed E-state index contributed by atoms with van der Waals surface area (Å²) in [7, 11) is 0. The van der Waals surface area contributed by atoms with Gasteiger partial charge in [-0.15, -0.1) is 0 Å². The van der Waals surface area contributed by atoms with Gasteiger partial charge >= 0.3 is 6.01 Å². The molecule has 9 heteroatoms. The van der Waals surface area contributed by atoms with E-state index in [1.165, 1.54) is 0 Å². The van der Waals surface area contributed by atoms with E-state index in [4.69, 9.17) is 9.72 Å². The van der Waals surface area contributed by atoms with Crippen LogP contribution in [0.5, 0.6) is 11.8 Å². The average Bonchev–Trinajstić information content (AvgIpc) is 3.64. The molecule has 1 aromatic carbocycles. The fourth-order valence-corrected chi connectivity index (χ4v) is 7.92. The highest BCUT2D eigenvalue weighted by molar-refractivity contribution is 5.92. The first-order chi connectivity index (χ1) is 20.3. The lowest BCUT2D eigenvalue weighted by Crippen LogP contribution is -2.44. The third kappa shape index (κ3) is 4.77. The standard InChI is InChI=1S/C33H41F2N5O2/c1-4-23-9-6-19(2)16-40(23)31-26-15-36-29(25-13-24(41)12-20(3)27(25)21-7-8-21)28(35)30(26)37-32(38-31)42-18-33-10-5-11-39(33)17-22(34)14-33/h12-13,15,19,21-23,41H,4-11,14,16-18H2,1-3H3/t19?,22-,23?,33+/m0/s1. The van der Waals surface area contributed by atoms with Crippen molar-refractivity contribution in [1.29, 1.82) is 0 Å². The van der Waals surface area contributed by atoms with Crippen molar-refractivity contribution in [3.8, 4) is 23.0 Å². The van der Waals surface area contributed by atoms with E-state index >= 15 is 4.39 Å². The number of phenols is 1. The molecule has 1 N–H and O–H groups in total. The van der Waals surface area contributed by atoms with Gasteiger partial charge in [0, 0.05) is 37.3 Å². The van der Waals surface area contributed by atoms with Gasteiger partial charge < -0.3 is 14.7 Å². The number of aromatic nitrogens is 3. The lowest BCUT2D eigenvalue weighted by atomic mass is 9.92. The van der Waals surface area contributed by atoms with Crippen LogP contribution in [0.25, 0.3) is 22.2 Å². The molecular weight excluding hydrogens is 536 g/mol. The number of alkyl halides is 1. The largest absolute Gasteiger partial charge is 0.508 e. The van der Waals surface area contributed by atoms with Crippen LogP contribution in [-0.4, -0.2) is 69.0 Å². The normalized spacial score (nSPS) is 28.0. The Morgan fingerprint density at radius 1 is 1.14 bits per heavy atom. The molecule has 4 atom stereocenters. The summed E-state index contributed by atoms with van der Waals surface area (Å²) in [5, 5.41) is 11.0. The molecule has 224 valence electrons. The highest BCUT2D eigenvalue weighted by Gasteiger charge is 2.49. The number of phenolic OH excluding ortho intramolecular Hbond substituents is 1. The van der Waals surface area contributed by atoms with Crippen molar-refractivity contribution in [2.45, 2.75) is 95.8 Å². The van der Waals surface area contributed by atoms with Crippen LogP contribution in [0.15, 0.2) is 18.3 Å². The molecule has 1 saturated carbocycles. The maximum absolute atomic E-state index is 16.7. The van der Waals surface area contributed by atoms with Gasteiger partial charge in [0.2, 0.25) is 0 Å². The Kier molecular flexibility index (Phi) is 6.99. The van der Waals surface area contributed by atoms with Crippen molar-refractivity contribution in [2.75, 3.05) is 31.1 Å². The molecule has 2 unspecified atom stereocenters. The third-order valence-corrected chi connectivity index (χ3v) is 10.2. The van der Waals surface area contributed by atoms with E-state index < -0.39 is 12.0 Å². The summed E-state index contributed by atoms with van der Waals surface area (Å²) in [6.45, 7) is 8.77. The monoisotopic (exact) mass is 577 g/mol. The minimum absolute atomic E-state index is 0.0943. The summed E-state index contributed by atoms with van der Waals surface area (Å²) < 4.78 is 37.5. The van der Waals surface area contributed by atoms with Crippen LogP contribution in [0.1, 0.15) is 82.3 Å². The van der Waals surface area contributed by atoms with E-state index in [1.54, 1.807) is 18.3 Å². The minimum Gasteiger partial charge on any atom is -0.508 e. The molecule has 3 aromatic rings. The summed E-state index contributed by atoms with van der Waals surface area (Å²) in [5.74, 6) is 1.03. The topological polar surface area (TPSA) is 74.6 Å². The Morgan fingerprint density at radius 2 is 1.98 bits per heavy atom. The summed E-state index contributed by atoms with van der Waals surface area (Å²) >= 11 is 0. The predicted octanol–water partition coefficient (Wildman–Crippen LogP) is 6.69. The Hall–Kier alpha value is -3.07. The summed E-state index contributed by atoms with van der Waals surface area (Å²) in [6.07, 6.45) is 8.38. The SMILES string of the molecule is CCC1CCC(C)CN1c1nc(OC[C@]23CCCN2C[C@@H](F)C3)nc2c(F)c(-c3cc(O)cc(C)c3C3CC3)ncc12. The number of fused-ring (bicyclic) bond motifs is 2. The number of anilines is 1. The van der Waals surface area contributed by atoms with Crippen LogP contribution in [0.4, 0.5) is 14.6 Å². The molecule has 0 amide bonds. The van der Waals surface area contributed by atoms with Crippen LogP contribution in [0, 0.1) is 18.7 Å². The predicted molar refractivity (Wildman–Crippen MR) is 159 cm³/mol. The van der Waals surface area contributed by atoms with Gasteiger partial charge in [0.15, 0.2) is 5.82 Å². The molecule has 0 radical (unpaired) electrons. The van der Waals surface area contributed by atoms with Crippen molar-refractivity contribution in [3.05, 3.63) is 35.3 Å². The second-order valence-corrected chi connectivity index (χ2v) is 13.3. The summed E-state index contributed by atoms with van der Waals surface area (Å²) in [4.78, 5) is 18.7. The molecule has 1 aliphatic carbocycles. The summed E-state index contributed by atoms with van der Waals surface area (Å²) in [6, 6.07) is 3.76. The maximum atomic E-state index is 16.7. The molecule has 5 heterocycles. The van der Waals surface area contributed by atoms with Crippen molar-refractivity contribution in [2.24, 2.45) is 5.92 Å². The first-order valence-electron chi connectivity index (χ1n) is 15.7. The second kappa shape index (κ2) is 10.6. The number of halogens is 2. The molecule has 2 aromatic heterocycles. The van der Waals surface area contributed by atoms with Crippen LogP contribution in [0.3, 0.4) is 0 Å². The van der Waals surface area contributed by atoms with Gasteiger partial charge in [-0.3, -0.25) is 9.88 Å². The van der Waals surface area contributed by atoms with Crippen molar-refractivity contribution >= 4 is 16.7 Å². The number of aryl methyl sites for hydroxylation is 1. The lowest BCUT2D eigenvalue weighted by molar-refractivity contribution is 0.107. The van der Waals surface area contributed by atoms with E-state index in [0.717, 1.165) is 69.2 Å². The fraction of sp³-hybridized carbons (Fsp3) is 0.606. The first-order valence-corrected chi connectivity index (χ1v) is 15.7. The first kappa shape index (κ1) is 27.7. The number of rotatable bonds is 7. The van der Waals surface area contributed by atoms with Gasteiger partial charge in [-0.2, -0.15) is 9.97 Å². The molecule has 7 rings (SSSR count). The molecule has 3 aliphatic heterocycles. The zero-order valence-corrected chi connectivity index (χ0v) is 24.9. The molecule has 4 fully saturated rings. The third-order valence-electron chi connectivity index (χ3n) is 10.2. The number of nitrogens with zero attached hydrogens (tertiary/aromatic N) is 5. The minimum atomic E-state index is -0.861. The number of hydrogen-bond acceptors (Lipinski definition) is 7. The molecule has 0 bridgehead atoms. The van der Waals surface area contributed by atoms with E-state index in [1.807, 2.05) is 6.92 Å². The Bertz CT molecular complexity index is 1510. The quantitative estimate of drug-likeness (QED) is 0.335. The smallest absolute Gasteiger partial charge is 0.319 e. The van der Waals surface area contributed by atoms with E-state index in [0.29, 0.717) is 41.6 Å². The number of piperidine rings is 1. The van der Waals surface area contributed by atoms with Crippen LogP contribution >= 0.6 is 0 Å². The zero-order chi connectivity index (χ0) is 29.2. The Morgan fingerprint density at radius 3 is 2.76 bits per heavy atom. The zero-order valence-electron chi connectivity index (χ0n) is 24.9. The van der Waals surface area contributed by atoms with Gasteiger partial charge in [0.1, 0.15) is 35.6 Å². The highest BCUT2D eigenvalue weighted by atomic mass is 19.1. The van der Waals surface area contributed by atoms with Gasteiger partial charge in [-0.25, -0.2) is 8.78 Å². The van der Waals surface area contributed by atoms with Crippen LogP contribution in [-0.2, 0) is 0 Å². The van der Waals surface area contributed by atoms with E-state index in [2.05, 4.69) is 33.6 Å². The van der Waals surface area contributed by atoms with Gasteiger partial charge in [-0.05, 0) is 93.5 Å². The molecule has 0 spiro atoms. The number of benzene rings is 1. The van der Waals surface area contributed by atoms with Crippen molar-refractivity contribution < 1.29 is 18.6 Å². The maximum Gasteiger partial charge on any atom is 0.319 e. The van der Waals surface area contributed by atoms with E-state index in [-0.39, 0.29) is 41.2 Å². The second-order valence-electron chi connectivity index (χ2n) is 13.3. The molecule has 4 aliphatic rings. The fourth-order valence-electron chi connectivity index (χ4n) is 7.92. The summed E-state index contributed by atoms with van der Waals surface area (Å²) in [5.41, 5.74) is 2.61.